The molecule has 3 aromatic rings. The highest BCUT2D eigenvalue weighted by molar-refractivity contribution is 7.89. The van der Waals surface area contributed by atoms with E-state index in [0.717, 1.165) is 12.8 Å². The largest absolute Gasteiger partial charge is 0.308 e. The van der Waals surface area contributed by atoms with E-state index < -0.39 is 10.0 Å². The van der Waals surface area contributed by atoms with Crippen LogP contribution in [0.1, 0.15) is 23.2 Å². The Morgan fingerprint density at radius 1 is 1.09 bits per heavy atom. The molecule has 1 fully saturated rings. The zero-order valence-electron chi connectivity index (χ0n) is 18.4. The minimum Gasteiger partial charge on any atom is -0.308 e. The summed E-state index contributed by atoms with van der Waals surface area (Å²) < 4.78 is 41.3. The molecule has 0 spiro atoms. The quantitative estimate of drug-likeness (QED) is 0.480. The Hall–Kier alpha value is -2.11. The van der Waals surface area contributed by atoms with Gasteiger partial charge in [-0.2, -0.15) is 4.31 Å². The molecule has 0 bridgehead atoms. The first-order valence-electron chi connectivity index (χ1n) is 10.4. The van der Waals surface area contributed by atoms with E-state index in [1.165, 1.54) is 39.9 Å². The summed E-state index contributed by atoms with van der Waals surface area (Å²) in [7, 11) is 0.282. The summed E-state index contributed by atoms with van der Waals surface area (Å²) >= 11 is 1.25. The maximum atomic E-state index is 13.6. The molecular weight excluding hydrogens is 487 g/mol. The highest BCUT2D eigenvalue weighted by atomic mass is 35.5. The number of amides is 1. The van der Waals surface area contributed by atoms with Gasteiger partial charge in [-0.3, -0.25) is 9.69 Å². The number of anilines is 1. The van der Waals surface area contributed by atoms with Crippen LogP contribution in [0.3, 0.4) is 0 Å². The number of thiazole rings is 1. The average Bonchev–Trinajstić information content (AvgIpc) is 3.44. The van der Waals surface area contributed by atoms with Gasteiger partial charge >= 0.3 is 0 Å². The van der Waals surface area contributed by atoms with Crippen LogP contribution < -0.4 is 4.90 Å². The highest BCUT2D eigenvalue weighted by Crippen LogP contribution is 2.30. The lowest BCUT2D eigenvalue weighted by Crippen LogP contribution is -2.36. The van der Waals surface area contributed by atoms with Crippen molar-refractivity contribution in [1.82, 2.24) is 14.2 Å². The van der Waals surface area contributed by atoms with Gasteiger partial charge in [0.25, 0.3) is 5.91 Å². The van der Waals surface area contributed by atoms with Crippen molar-refractivity contribution in [3.63, 3.8) is 0 Å². The van der Waals surface area contributed by atoms with E-state index in [0.29, 0.717) is 47.1 Å². The molecule has 4 rings (SSSR count). The van der Waals surface area contributed by atoms with Gasteiger partial charge in [0.15, 0.2) is 5.13 Å². The molecule has 0 atom stereocenters. The highest BCUT2D eigenvalue weighted by Gasteiger charge is 2.28. The maximum absolute atomic E-state index is 13.6. The van der Waals surface area contributed by atoms with Gasteiger partial charge in [0, 0.05) is 31.7 Å². The van der Waals surface area contributed by atoms with Crippen molar-refractivity contribution in [2.45, 2.75) is 17.7 Å². The molecule has 2 aromatic carbocycles. The molecule has 1 amide bonds. The number of sulfonamides is 1. The molecule has 1 saturated heterocycles. The molecule has 33 heavy (non-hydrogen) atoms. The van der Waals surface area contributed by atoms with Crippen LogP contribution in [0.2, 0.25) is 0 Å². The van der Waals surface area contributed by atoms with Gasteiger partial charge in [0.05, 0.1) is 15.1 Å². The fraction of sp³-hybridized carbons (Fsp3) is 0.364. The Kier molecular flexibility index (Phi) is 8.07. The zero-order valence-corrected chi connectivity index (χ0v) is 20.8. The summed E-state index contributed by atoms with van der Waals surface area (Å²) in [5.41, 5.74) is 0.996. The van der Waals surface area contributed by atoms with Crippen LogP contribution in [0.15, 0.2) is 47.4 Å². The van der Waals surface area contributed by atoms with Crippen LogP contribution in [-0.2, 0) is 10.0 Å². The first-order chi connectivity index (χ1) is 15.3. The van der Waals surface area contributed by atoms with E-state index in [2.05, 4.69) is 4.98 Å². The fourth-order valence-electron chi connectivity index (χ4n) is 3.59. The molecule has 0 saturated carbocycles. The molecule has 0 N–H and O–H groups in total. The summed E-state index contributed by atoms with van der Waals surface area (Å²) in [6.07, 6.45) is 1.73. The van der Waals surface area contributed by atoms with Gasteiger partial charge in [-0.25, -0.2) is 17.8 Å². The molecule has 178 valence electrons. The van der Waals surface area contributed by atoms with Gasteiger partial charge in [0.2, 0.25) is 10.0 Å². The van der Waals surface area contributed by atoms with Crippen molar-refractivity contribution < 1.29 is 17.6 Å². The summed E-state index contributed by atoms with van der Waals surface area (Å²) in [6.45, 7) is 2.05. The van der Waals surface area contributed by atoms with Gasteiger partial charge < -0.3 is 4.90 Å². The first-order valence-corrected chi connectivity index (χ1v) is 12.6. The first kappa shape index (κ1) is 25.5. The molecule has 1 aromatic heterocycles. The molecule has 0 radical (unpaired) electrons. The Balaban J connectivity index is 0.00000306. The number of carbonyl (C=O) groups is 1. The standard InChI is InChI=1S/C22H25FN4O3S2.ClH/c1-25(2)13-14-27(22-24-19-10-7-17(23)15-20(19)31-22)21(28)16-5-8-18(9-6-16)32(29,30)26-11-3-4-12-26;/h5-10,15H,3-4,11-14H2,1-2H3;1H. The fourth-order valence-corrected chi connectivity index (χ4v) is 6.12. The Morgan fingerprint density at radius 3 is 2.39 bits per heavy atom. The van der Waals surface area contributed by atoms with Crippen LogP contribution in [0.25, 0.3) is 10.2 Å². The van der Waals surface area contributed by atoms with E-state index in [9.17, 15) is 17.6 Å². The molecule has 7 nitrogen and oxygen atoms in total. The SMILES string of the molecule is CN(C)CCN(C(=O)c1ccc(S(=O)(=O)N2CCCC2)cc1)c1nc2ccc(F)cc2s1.Cl. The second kappa shape index (κ2) is 10.4. The number of aromatic nitrogens is 1. The minimum absolute atomic E-state index is 0. The van der Waals surface area contributed by atoms with Gasteiger partial charge in [-0.15, -0.1) is 12.4 Å². The predicted octanol–water partition coefficient (Wildman–Crippen LogP) is 3.85. The number of nitrogens with zero attached hydrogens (tertiary/aromatic N) is 4. The molecule has 1 aliphatic rings. The molecule has 0 unspecified atom stereocenters. The zero-order chi connectivity index (χ0) is 22.9. The monoisotopic (exact) mass is 512 g/mol. The maximum Gasteiger partial charge on any atom is 0.260 e. The number of hydrogen-bond acceptors (Lipinski definition) is 6. The normalized spacial score (nSPS) is 14.5. The molecular formula is C22H26ClFN4O3S2. The van der Waals surface area contributed by atoms with Crippen LogP contribution in [0, 0.1) is 5.82 Å². The van der Waals surface area contributed by atoms with Crippen molar-refractivity contribution in [2.24, 2.45) is 0 Å². The van der Waals surface area contributed by atoms with Crippen LogP contribution in [0.4, 0.5) is 9.52 Å². The van der Waals surface area contributed by atoms with E-state index in [-0.39, 0.29) is 29.0 Å². The number of rotatable bonds is 7. The Labute approximate surface area is 203 Å². The van der Waals surface area contributed by atoms with E-state index in [1.807, 2.05) is 19.0 Å². The Morgan fingerprint density at radius 2 is 1.76 bits per heavy atom. The lowest BCUT2D eigenvalue weighted by molar-refractivity contribution is 0.0985. The average molecular weight is 513 g/mol. The topological polar surface area (TPSA) is 73.8 Å². The number of halogens is 2. The summed E-state index contributed by atoms with van der Waals surface area (Å²) in [5.74, 6) is -0.634. The third-order valence-electron chi connectivity index (χ3n) is 5.39. The lowest BCUT2D eigenvalue weighted by Gasteiger charge is -2.22. The predicted molar refractivity (Wildman–Crippen MR) is 131 cm³/mol. The van der Waals surface area contributed by atoms with Crippen molar-refractivity contribution in [1.29, 1.82) is 0 Å². The van der Waals surface area contributed by atoms with Gasteiger partial charge in [-0.1, -0.05) is 11.3 Å². The lowest BCUT2D eigenvalue weighted by atomic mass is 10.2. The van der Waals surface area contributed by atoms with Gasteiger partial charge in [-0.05, 0) is 69.4 Å². The smallest absolute Gasteiger partial charge is 0.260 e. The minimum atomic E-state index is -3.54. The number of hydrogen-bond donors (Lipinski definition) is 0. The van der Waals surface area contributed by atoms with Crippen molar-refractivity contribution in [2.75, 3.05) is 45.2 Å². The third kappa shape index (κ3) is 5.52. The van der Waals surface area contributed by atoms with Crippen LogP contribution in [-0.4, -0.2) is 68.8 Å². The molecule has 1 aliphatic heterocycles. The van der Waals surface area contributed by atoms with E-state index in [4.69, 9.17) is 0 Å². The second-order valence-corrected chi connectivity index (χ2v) is 11.0. The van der Waals surface area contributed by atoms with Crippen molar-refractivity contribution in [3.05, 3.63) is 53.8 Å². The van der Waals surface area contributed by atoms with Crippen LogP contribution in [0.5, 0.6) is 0 Å². The summed E-state index contributed by atoms with van der Waals surface area (Å²) in [4.78, 5) is 21.6. The molecule has 0 aliphatic carbocycles. The Bertz CT molecular complexity index is 1230. The van der Waals surface area contributed by atoms with Crippen molar-refractivity contribution >= 4 is 55.0 Å². The van der Waals surface area contributed by atoms with E-state index in [1.54, 1.807) is 23.1 Å². The molecule has 2 heterocycles. The third-order valence-corrected chi connectivity index (χ3v) is 8.34. The molecule has 11 heteroatoms. The van der Waals surface area contributed by atoms with Gasteiger partial charge in [0.1, 0.15) is 5.82 Å². The van der Waals surface area contributed by atoms with Crippen molar-refractivity contribution in [3.8, 4) is 0 Å². The number of likely N-dealkylation sites (N-methyl/N-ethyl adjacent to an activating group) is 1. The van der Waals surface area contributed by atoms with E-state index >= 15 is 0 Å². The number of carbonyl (C=O) groups excluding carboxylic acids is 1. The van der Waals surface area contributed by atoms with Crippen LogP contribution >= 0.6 is 23.7 Å². The number of benzene rings is 2. The number of fused-ring (bicyclic) bond motifs is 1. The summed E-state index contributed by atoms with van der Waals surface area (Å²) in [6, 6.07) is 10.4. The second-order valence-electron chi connectivity index (χ2n) is 8.00. The summed E-state index contributed by atoms with van der Waals surface area (Å²) in [5, 5.41) is 0.478.